The quantitative estimate of drug-likeness (QED) is 0.419. The Balaban J connectivity index is 2.47. The van der Waals surface area contributed by atoms with Gasteiger partial charge in [0, 0.05) is 15.2 Å². The molecule has 0 radical (unpaired) electrons. The van der Waals surface area contributed by atoms with E-state index in [9.17, 15) is 23.1 Å². The molecular weight excluding hydrogens is 384 g/mol. The van der Waals surface area contributed by atoms with Gasteiger partial charge in [0.25, 0.3) is 0 Å². The number of carboxylic acid groups (broad SMARTS) is 1. The number of unbranched alkanes of at least 4 members (excludes halogenated alkanes) is 2. The zero-order chi connectivity index (χ0) is 15.2. The summed E-state index contributed by atoms with van der Waals surface area (Å²) < 4.78 is 36.4. The molecule has 1 aromatic rings. The monoisotopic (exact) mass is 397 g/mol. The molecule has 110 valence electrons. The maximum atomic E-state index is 11.8. The van der Waals surface area contributed by atoms with E-state index >= 15 is 0 Å². The Morgan fingerprint density at radius 2 is 2.00 bits per heavy atom. The van der Waals surface area contributed by atoms with E-state index in [-0.39, 0.29) is 11.6 Å². The molecule has 0 fully saturated rings. The Bertz CT molecular complexity index is 496. The summed E-state index contributed by atoms with van der Waals surface area (Å²) in [6.45, 7) is 0. The molecule has 0 aliphatic carbocycles. The van der Waals surface area contributed by atoms with Gasteiger partial charge in [-0.05, 0) is 66.0 Å². The summed E-state index contributed by atoms with van der Waals surface area (Å²) in [6, 6.07) is 5.05. The van der Waals surface area contributed by atoms with Crippen LogP contribution in [0.25, 0.3) is 0 Å². The number of halogens is 4. The van der Waals surface area contributed by atoms with Gasteiger partial charge in [-0.3, -0.25) is 0 Å². The van der Waals surface area contributed by atoms with E-state index in [1.807, 2.05) is 22.6 Å². The third-order valence-corrected chi connectivity index (χ3v) is 3.34. The molecular formula is C14H13F3IO2-. The molecule has 2 nitrogen and oxygen atoms in total. The van der Waals surface area contributed by atoms with Crippen LogP contribution in [0.15, 0.2) is 30.4 Å². The van der Waals surface area contributed by atoms with Crippen molar-refractivity contribution in [1.82, 2.24) is 0 Å². The van der Waals surface area contributed by atoms with Gasteiger partial charge in [-0.2, -0.15) is 13.2 Å². The van der Waals surface area contributed by atoms with Gasteiger partial charge in [0.15, 0.2) is 0 Å². The number of allylic oxidation sites excluding steroid dienone is 2. The fourth-order valence-electron chi connectivity index (χ4n) is 1.75. The fraction of sp³-hybridized carbons (Fsp3) is 0.357. The van der Waals surface area contributed by atoms with Crippen LogP contribution in [0.2, 0.25) is 0 Å². The lowest BCUT2D eigenvalue weighted by Gasteiger charge is -2.10. The number of hydrogen-bond acceptors (Lipinski definition) is 2. The SMILES string of the molecule is O=C([O-])c1cc(I)ccc1CCCCC=CC(F)(F)F. The number of hydrogen-bond donors (Lipinski definition) is 0. The van der Waals surface area contributed by atoms with E-state index in [0.717, 1.165) is 9.65 Å². The Morgan fingerprint density at radius 3 is 2.60 bits per heavy atom. The summed E-state index contributed by atoms with van der Waals surface area (Å²) in [7, 11) is 0. The second-order valence-electron chi connectivity index (χ2n) is 4.28. The second-order valence-corrected chi connectivity index (χ2v) is 5.52. The molecule has 0 spiro atoms. The van der Waals surface area contributed by atoms with Gasteiger partial charge in [-0.25, -0.2) is 0 Å². The lowest BCUT2D eigenvalue weighted by atomic mass is 10.0. The number of alkyl halides is 3. The molecule has 0 aromatic heterocycles. The maximum Gasteiger partial charge on any atom is 0.409 e. The van der Waals surface area contributed by atoms with Crippen molar-refractivity contribution in [2.24, 2.45) is 0 Å². The molecule has 6 heteroatoms. The van der Waals surface area contributed by atoms with E-state index in [0.29, 0.717) is 31.2 Å². The fourth-order valence-corrected chi connectivity index (χ4v) is 2.24. The first kappa shape index (κ1) is 17.0. The average Bonchev–Trinajstić information content (AvgIpc) is 2.33. The van der Waals surface area contributed by atoms with E-state index in [4.69, 9.17) is 0 Å². The molecule has 0 unspecified atom stereocenters. The summed E-state index contributed by atoms with van der Waals surface area (Å²) in [5, 5.41) is 11.0. The third kappa shape index (κ3) is 6.40. The van der Waals surface area contributed by atoms with Crippen molar-refractivity contribution in [1.29, 1.82) is 0 Å². The zero-order valence-corrected chi connectivity index (χ0v) is 12.7. The Labute approximate surface area is 128 Å². The summed E-state index contributed by atoms with van der Waals surface area (Å²) in [5.74, 6) is -1.23. The smallest absolute Gasteiger partial charge is 0.409 e. The van der Waals surface area contributed by atoms with E-state index in [1.54, 1.807) is 12.1 Å². The highest BCUT2D eigenvalue weighted by Gasteiger charge is 2.21. The van der Waals surface area contributed by atoms with Crippen LogP contribution in [0.4, 0.5) is 13.2 Å². The van der Waals surface area contributed by atoms with Gasteiger partial charge in [0.2, 0.25) is 0 Å². The first-order valence-electron chi connectivity index (χ1n) is 6.04. The lowest BCUT2D eigenvalue weighted by Crippen LogP contribution is -2.24. The number of carbonyl (C=O) groups excluding carboxylic acids is 1. The molecule has 0 aliphatic rings. The Hall–Kier alpha value is -1.05. The van der Waals surface area contributed by atoms with Crippen molar-refractivity contribution in [2.45, 2.75) is 31.9 Å². The summed E-state index contributed by atoms with van der Waals surface area (Å²) >= 11 is 2.01. The van der Waals surface area contributed by atoms with Crippen molar-refractivity contribution in [2.75, 3.05) is 0 Å². The molecule has 20 heavy (non-hydrogen) atoms. The number of rotatable bonds is 6. The van der Waals surface area contributed by atoms with Crippen molar-refractivity contribution < 1.29 is 23.1 Å². The number of aromatic carboxylic acids is 1. The van der Waals surface area contributed by atoms with Crippen LogP contribution in [0, 0.1) is 3.57 Å². The largest absolute Gasteiger partial charge is 0.545 e. The maximum absolute atomic E-state index is 11.8. The summed E-state index contributed by atoms with van der Waals surface area (Å²) in [4.78, 5) is 11.0. The Morgan fingerprint density at radius 1 is 1.30 bits per heavy atom. The van der Waals surface area contributed by atoms with Crippen molar-refractivity contribution in [3.8, 4) is 0 Å². The Kier molecular flexibility index (Phi) is 6.51. The minimum atomic E-state index is -4.27. The number of carbonyl (C=O) groups is 1. The lowest BCUT2D eigenvalue weighted by molar-refractivity contribution is -0.255. The summed E-state index contributed by atoms with van der Waals surface area (Å²) in [5.41, 5.74) is 0.813. The van der Waals surface area contributed by atoms with E-state index in [2.05, 4.69) is 0 Å². The van der Waals surface area contributed by atoms with Gasteiger partial charge >= 0.3 is 6.18 Å². The second kappa shape index (κ2) is 7.66. The number of carboxylic acids is 1. The van der Waals surface area contributed by atoms with Gasteiger partial charge in [0.1, 0.15) is 0 Å². The molecule has 0 amide bonds. The standard InChI is InChI=1S/C14H14F3IO2/c15-14(16,17)8-4-2-1-3-5-10-6-7-11(18)9-12(10)13(19)20/h4,6-9H,1-3,5H2,(H,19,20)/p-1. The highest BCUT2D eigenvalue weighted by atomic mass is 127. The first-order valence-corrected chi connectivity index (χ1v) is 7.11. The van der Waals surface area contributed by atoms with Gasteiger partial charge < -0.3 is 9.90 Å². The third-order valence-electron chi connectivity index (χ3n) is 2.67. The van der Waals surface area contributed by atoms with Crippen LogP contribution in [-0.2, 0) is 6.42 Å². The van der Waals surface area contributed by atoms with Crippen LogP contribution in [0.1, 0.15) is 35.2 Å². The van der Waals surface area contributed by atoms with Crippen LogP contribution in [0.3, 0.4) is 0 Å². The predicted octanol–water partition coefficient (Wildman–Crippen LogP) is 3.49. The normalized spacial score (nSPS) is 12.0. The van der Waals surface area contributed by atoms with Gasteiger partial charge in [-0.15, -0.1) is 0 Å². The molecule has 0 heterocycles. The zero-order valence-electron chi connectivity index (χ0n) is 10.5. The van der Waals surface area contributed by atoms with Crippen LogP contribution < -0.4 is 5.11 Å². The number of aryl methyl sites for hydroxylation is 1. The van der Waals surface area contributed by atoms with E-state index in [1.165, 1.54) is 6.07 Å². The van der Waals surface area contributed by atoms with Crippen molar-refractivity contribution >= 4 is 28.6 Å². The first-order chi connectivity index (χ1) is 9.29. The molecule has 0 aliphatic heterocycles. The molecule has 0 bridgehead atoms. The molecule has 0 saturated heterocycles. The van der Waals surface area contributed by atoms with Gasteiger partial charge in [0.05, 0.1) is 5.97 Å². The summed E-state index contributed by atoms with van der Waals surface area (Å²) in [6.07, 6.45) is -0.908. The predicted molar refractivity (Wildman–Crippen MR) is 76.2 cm³/mol. The minimum absolute atomic E-state index is 0.155. The van der Waals surface area contributed by atoms with E-state index < -0.39 is 12.1 Å². The molecule has 0 saturated carbocycles. The molecule has 1 rings (SSSR count). The van der Waals surface area contributed by atoms with Crippen LogP contribution in [-0.4, -0.2) is 12.1 Å². The van der Waals surface area contributed by atoms with Gasteiger partial charge in [-0.1, -0.05) is 12.1 Å². The minimum Gasteiger partial charge on any atom is -0.545 e. The van der Waals surface area contributed by atoms with Crippen LogP contribution in [0.5, 0.6) is 0 Å². The molecule has 0 N–H and O–H groups in total. The highest BCUT2D eigenvalue weighted by Crippen LogP contribution is 2.18. The molecule has 0 atom stereocenters. The van der Waals surface area contributed by atoms with Crippen molar-refractivity contribution in [3.05, 3.63) is 45.0 Å². The van der Waals surface area contributed by atoms with Crippen molar-refractivity contribution in [3.63, 3.8) is 0 Å². The van der Waals surface area contributed by atoms with Crippen LogP contribution >= 0.6 is 22.6 Å². The average molecular weight is 397 g/mol. The number of benzene rings is 1. The topological polar surface area (TPSA) is 40.1 Å². The highest BCUT2D eigenvalue weighted by molar-refractivity contribution is 14.1. The molecule has 1 aromatic carbocycles.